The largest absolute Gasteiger partial charge is 0.378 e. The number of hydrogen-bond acceptors (Lipinski definition) is 6. The van der Waals surface area contributed by atoms with Crippen LogP contribution in [0.3, 0.4) is 0 Å². The smallest absolute Gasteiger partial charge is 0.214 e. The van der Waals surface area contributed by atoms with E-state index in [1.807, 2.05) is 17.6 Å². The molecule has 4 rings (SSSR count). The van der Waals surface area contributed by atoms with Crippen LogP contribution in [-0.2, 0) is 4.74 Å². The third-order valence-electron chi connectivity index (χ3n) is 4.27. The van der Waals surface area contributed by atoms with E-state index in [0.29, 0.717) is 0 Å². The predicted molar refractivity (Wildman–Crippen MR) is 97.1 cm³/mol. The fourth-order valence-corrected chi connectivity index (χ4v) is 3.85. The molecule has 3 aromatic rings. The Labute approximate surface area is 145 Å². The lowest BCUT2D eigenvalue weighted by Gasteiger charge is -2.29. The van der Waals surface area contributed by atoms with Crippen LogP contribution in [0.2, 0.25) is 0 Å². The summed E-state index contributed by atoms with van der Waals surface area (Å²) in [6.07, 6.45) is 1.94. The molecule has 2 aromatic heterocycles. The van der Waals surface area contributed by atoms with E-state index < -0.39 is 0 Å². The molecule has 0 spiro atoms. The Hall–Kier alpha value is -2.12. The van der Waals surface area contributed by atoms with Gasteiger partial charge in [0.1, 0.15) is 0 Å². The summed E-state index contributed by atoms with van der Waals surface area (Å²) in [5.41, 5.74) is 3.50. The number of nitrogens with zero attached hydrogens (tertiary/aromatic N) is 4. The third kappa shape index (κ3) is 3.09. The molecule has 126 valence electrons. The van der Waals surface area contributed by atoms with Gasteiger partial charge < -0.3 is 15.0 Å². The average molecular weight is 343 g/mol. The van der Waals surface area contributed by atoms with Gasteiger partial charge in [0.2, 0.25) is 10.1 Å². The Morgan fingerprint density at radius 2 is 1.96 bits per heavy atom. The molecular formula is C17H21N5OS. The van der Waals surface area contributed by atoms with Crippen LogP contribution in [-0.4, -0.2) is 40.9 Å². The molecule has 3 heterocycles. The number of aromatic nitrogens is 3. The lowest BCUT2D eigenvalue weighted by atomic mass is 10.1. The average Bonchev–Trinajstić information content (AvgIpc) is 3.12. The van der Waals surface area contributed by atoms with Crippen molar-refractivity contribution in [2.24, 2.45) is 0 Å². The summed E-state index contributed by atoms with van der Waals surface area (Å²) < 4.78 is 7.24. The van der Waals surface area contributed by atoms with E-state index in [-0.39, 0.29) is 6.04 Å². The molecule has 1 aliphatic heterocycles. The van der Waals surface area contributed by atoms with E-state index in [2.05, 4.69) is 51.5 Å². The number of nitrogens with one attached hydrogen (secondary N) is 1. The third-order valence-corrected chi connectivity index (χ3v) is 5.13. The number of imidazole rings is 1. The van der Waals surface area contributed by atoms with Gasteiger partial charge in [0.05, 0.1) is 31.1 Å². The van der Waals surface area contributed by atoms with Gasteiger partial charge in [-0.25, -0.2) is 9.50 Å². The molecule has 6 nitrogen and oxygen atoms in total. The summed E-state index contributed by atoms with van der Waals surface area (Å²) in [5, 5.41) is 8.89. The Bertz CT molecular complexity index is 788. The highest BCUT2D eigenvalue weighted by Crippen LogP contribution is 2.26. The van der Waals surface area contributed by atoms with Crippen molar-refractivity contribution in [3.63, 3.8) is 0 Å². The van der Waals surface area contributed by atoms with Gasteiger partial charge in [-0.15, -0.1) is 5.10 Å². The van der Waals surface area contributed by atoms with Crippen molar-refractivity contribution in [1.82, 2.24) is 14.6 Å². The number of ether oxygens (including phenoxy) is 1. The predicted octanol–water partition coefficient (Wildman–Crippen LogP) is 3.11. The maximum absolute atomic E-state index is 5.41. The quantitative estimate of drug-likeness (QED) is 0.789. The summed E-state index contributed by atoms with van der Waals surface area (Å²) in [4.78, 5) is 7.73. The van der Waals surface area contributed by atoms with Crippen LogP contribution in [0, 0.1) is 6.92 Å². The zero-order valence-corrected chi connectivity index (χ0v) is 14.7. The van der Waals surface area contributed by atoms with Crippen LogP contribution in [0.25, 0.3) is 4.96 Å². The van der Waals surface area contributed by atoms with Crippen molar-refractivity contribution >= 4 is 27.1 Å². The zero-order valence-electron chi connectivity index (χ0n) is 13.9. The maximum Gasteiger partial charge on any atom is 0.214 e. The number of anilines is 2. The molecule has 0 radical (unpaired) electrons. The van der Waals surface area contributed by atoms with E-state index in [9.17, 15) is 0 Å². The molecule has 0 unspecified atom stereocenters. The Balaban J connectivity index is 1.45. The molecule has 24 heavy (non-hydrogen) atoms. The fourth-order valence-electron chi connectivity index (χ4n) is 2.93. The lowest BCUT2D eigenvalue weighted by molar-refractivity contribution is 0.122. The second-order valence-electron chi connectivity index (χ2n) is 6.07. The summed E-state index contributed by atoms with van der Waals surface area (Å²) in [7, 11) is 0. The number of rotatable bonds is 4. The summed E-state index contributed by atoms with van der Waals surface area (Å²) >= 11 is 1.57. The van der Waals surface area contributed by atoms with Crippen molar-refractivity contribution < 1.29 is 4.74 Å². The first kappa shape index (κ1) is 15.4. The van der Waals surface area contributed by atoms with Crippen molar-refractivity contribution in [3.05, 3.63) is 41.7 Å². The van der Waals surface area contributed by atoms with Crippen LogP contribution < -0.4 is 10.2 Å². The molecule has 1 saturated heterocycles. The fraction of sp³-hybridized carbons (Fsp3) is 0.412. The normalized spacial score (nSPS) is 16.5. The molecule has 1 aromatic carbocycles. The number of fused-ring (bicyclic) bond motifs is 1. The zero-order chi connectivity index (χ0) is 16.5. The first-order valence-electron chi connectivity index (χ1n) is 8.21. The molecule has 0 saturated carbocycles. The molecule has 1 N–H and O–H groups in total. The minimum absolute atomic E-state index is 0.195. The Morgan fingerprint density at radius 1 is 1.21 bits per heavy atom. The molecule has 0 bridgehead atoms. The molecule has 1 atom stereocenters. The van der Waals surface area contributed by atoms with Gasteiger partial charge in [-0.3, -0.25) is 0 Å². The van der Waals surface area contributed by atoms with Gasteiger partial charge in [0.25, 0.3) is 0 Å². The molecular weight excluding hydrogens is 322 g/mol. The summed E-state index contributed by atoms with van der Waals surface area (Å²) in [6, 6.07) is 8.95. The first-order valence-corrected chi connectivity index (χ1v) is 9.03. The van der Waals surface area contributed by atoms with Gasteiger partial charge in [-0.05, 0) is 31.5 Å². The van der Waals surface area contributed by atoms with E-state index in [0.717, 1.165) is 42.1 Å². The van der Waals surface area contributed by atoms with Gasteiger partial charge >= 0.3 is 0 Å². The van der Waals surface area contributed by atoms with Crippen LogP contribution >= 0.6 is 11.3 Å². The van der Waals surface area contributed by atoms with Gasteiger partial charge in [-0.1, -0.05) is 23.5 Å². The Morgan fingerprint density at radius 3 is 2.67 bits per heavy atom. The second kappa shape index (κ2) is 6.41. The highest BCUT2D eigenvalue weighted by atomic mass is 32.1. The van der Waals surface area contributed by atoms with Crippen molar-refractivity contribution in [2.75, 3.05) is 36.5 Å². The molecule has 1 aliphatic rings. The van der Waals surface area contributed by atoms with E-state index in [1.165, 1.54) is 11.3 Å². The first-order chi connectivity index (χ1) is 11.7. The highest BCUT2D eigenvalue weighted by molar-refractivity contribution is 7.20. The summed E-state index contributed by atoms with van der Waals surface area (Å²) in [6.45, 7) is 7.68. The highest BCUT2D eigenvalue weighted by Gasteiger charge is 2.13. The van der Waals surface area contributed by atoms with Crippen LogP contribution in [0.5, 0.6) is 0 Å². The van der Waals surface area contributed by atoms with Crippen molar-refractivity contribution in [1.29, 1.82) is 0 Å². The van der Waals surface area contributed by atoms with Crippen LogP contribution in [0.15, 0.2) is 30.5 Å². The van der Waals surface area contributed by atoms with E-state index in [4.69, 9.17) is 4.74 Å². The van der Waals surface area contributed by atoms with Gasteiger partial charge in [0.15, 0.2) is 0 Å². The topological polar surface area (TPSA) is 54.7 Å². The molecule has 1 fully saturated rings. The molecule has 0 amide bonds. The van der Waals surface area contributed by atoms with E-state index in [1.54, 1.807) is 11.3 Å². The summed E-state index contributed by atoms with van der Waals surface area (Å²) in [5.74, 6) is 0. The molecule has 7 heteroatoms. The van der Waals surface area contributed by atoms with Crippen molar-refractivity contribution in [3.8, 4) is 0 Å². The molecule has 0 aliphatic carbocycles. The minimum Gasteiger partial charge on any atom is -0.378 e. The standard InChI is InChI=1S/C17H21N5OS/c1-12-11-22-17(18-12)24-16(20-22)19-13(2)14-3-5-15(6-4-14)21-7-9-23-10-8-21/h3-6,11,13H,7-10H2,1-2H3,(H,19,20)/t13-/m0/s1. The second-order valence-corrected chi connectivity index (χ2v) is 7.03. The number of morpholine rings is 1. The van der Waals surface area contributed by atoms with Gasteiger partial charge in [0, 0.05) is 18.8 Å². The minimum atomic E-state index is 0.195. The Kier molecular flexibility index (Phi) is 4.12. The SMILES string of the molecule is Cc1cn2nc(N[C@@H](C)c3ccc(N4CCOCC4)cc3)sc2n1. The van der Waals surface area contributed by atoms with Crippen molar-refractivity contribution in [2.45, 2.75) is 19.9 Å². The van der Waals surface area contributed by atoms with Crippen LogP contribution in [0.1, 0.15) is 24.2 Å². The number of aryl methyl sites for hydroxylation is 1. The lowest BCUT2D eigenvalue weighted by Crippen LogP contribution is -2.36. The monoisotopic (exact) mass is 343 g/mol. The number of benzene rings is 1. The van der Waals surface area contributed by atoms with E-state index >= 15 is 0 Å². The van der Waals surface area contributed by atoms with Gasteiger partial charge in [-0.2, -0.15) is 0 Å². The maximum atomic E-state index is 5.41. The number of hydrogen-bond donors (Lipinski definition) is 1. The van der Waals surface area contributed by atoms with Crippen LogP contribution in [0.4, 0.5) is 10.8 Å².